The minimum absolute atomic E-state index is 0.00495. The Morgan fingerprint density at radius 1 is 1.47 bits per heavy atom. The summed E-state index contributed by atoms with van der Waals surface area (Å²) in [6.07, 6.45) is -1.15. The van der Waals surface area contributed by atoms with Crippen LogP contribution in [0.15, 0.2) is 6.07 Å². The first kappa shape index (κ1) is 14.8. The summed E-state index contributed by atoms with van der Waals surface area (Å²) in [5.41, 5.74) is -0.0558. The van der Waals surface area contributed by atoms with Gasteiger partial charge in [-0.2, -0.15) is 8.42 Å². The van der Waals surface area contributed by atoms with E-state index < -0.39 is 22.3 Å². The summed E-state index contributed by atoms with van der Waals surface area (Å²) in [6.45, 7) is 3.08. The van der Waals surface area contributed by atoms with Crippen molar-refractivity contribution in [1.82, 2.24) is 9.71 Å². The van der Waals surface area contributed by atoms with Crippen LogP contribution in [0.4, 0.5) is 10.5 Å². The van der Waals surface area contributed by atoms with Crippen LogP contribution >= 0.6 is 0 Å². The van der Waals surface area contributed by atoms with Gasteiger partial charge in [0, 0.05) is 5.69 Å². The lowest BCUT2D eigenvalue weighted by Gasteiger charge is -2.08. The van der Waals surface area contributed by atoms with Crippen LogP contribution in [0, 0.1) is 6.92 Å². The molecule has 0 saturated heterocycles. The van der Waals surface area contributed by atoms with Crippen molar-refractivity contribution in [3.8, 4) is 0 Å². The lowest BCUT2D eigenvalue weighted by Crippen LogP contribution is -2.36. The Bertz CT molecular complexity index is 591. The first-order valence-electron chi connectivity index (χ1n) is 5.15. The van der Waals surface area contributed by atoms with Crippen LogP contribution in [0.2, 0.25) is 0 Å². The molecule has 0 spiro atoms. The smallest absolute Gasteiger partial charge is 0.422 e. The predicted molar refractivity (Wildman–Crippen MR) is 65.2 cm³/mol. The minimum Gasteiger partial charge on any atom is -0.477 e. The highest BCUT2D eigenvalue weighted by atomic mass is 32.2. The van der Waals surface area contributed by atoms with Gasteiger partial charge in [-0.3, -0.25) is 4.72 Å². The molecule has 1 aromatic heterocycles. The molecule has 0 atom stereocenters. The molecular weight excluding hydrogens is 278 g/mol. The first-order valence-corrected chi connectivity index (χ1v) is 6.63. The van der Waals surface area contributed by atoms with Crippen molar-refractivity contribution in [2.45, 2.75) is 13.8 Å². The molecule has 1 amide bonds. The number of rotatable bonds is 5. The van der Waals surface area contributed by atoms with Crippen LogP contribution in [0.25, 0.3) is 0 Å². The van der Waals surface area contributed by atoms with Crippen molar-refractivity contribution in [2.24, 2.45) is 0 Å². The summed E-state index contributed by atoms with van der Waals surface area (Å²) in [5, 5.41) is 8.86. The summed E-state index contributed by atoms with van der Waals surface area (Å²) >= 11 is 0. The van der Waals surface area contributed by atoms with Gasteiger partial charge in [-0.25, -0.2) is 14.3 Å². The Morgan fingerprint density at radius 2 is 2.11 bits per heavy atom. The highest BCUT2D eigenvalue weighted by Crippen LogP contribution is 2.17. The summed E-state index contributed by atoms with van der Waals surface area (Å²) < 4.78 is 31.0. The second-order valence-corrected chi connectivity index (χ2v) is 4.89. The Kier molecular flexibility index (Phi) is 4.38. The number of aryl methyl sites for hydroxylation is 1. The molecule has 1 rings (SSSR count). The fourth-order valence-corrected chi connectivity index (χ4v) is 2.06. The second kappa shape index (κ2) is 5.61. The molecule has 4 N–H and O–H groups in total. The van der Waals surface area contributed by atoms with Crippen molar-refractivity contribution >= 4 is 28.0 Å². The molecule has 0 aliphatic heterocycles. The van der Waals surface area contributed by atoms with Gasteiger partial charge < -0.3 is 14.8 Å². The molecule has 1 aromatic rings. The van der Waals surface area contributed by atoms with Crippen molar-refractivity contribution in [2.75, 3.05) is 11.3 Å². The summed E-state index contributed by atoms with van der Waals surface area (Å²) in [6, 6.07) is 1.29. The van der Waals surface area contributed by atoms with Crippen LogP contribution in [0.3, 0.4) is 0 Å². The monoisotopic (exact) mass is 291 g/mol. The molecule has 0 saturated carbocycles. The number of anilines is 1. The number of hydrogen-bond acceptors (Lipinski definition) is 5. The van der Waals surface area contributed by atoms with E-state index in [4.69, 9.17) is 5.11 Å². The largest absolute Gasteiger partial charge is 0.477 e. The Labute approximate surface area is 109 Å². The Morgan fingerprint density at radius 3 is 2.63 bits per heavy atom. The molecule has 19 heavy (non-hydrogen) atoms. The first-order chi connectivity index (χ1) is 8.75. The molecular formula is C9H13N3O6S. The number of aromatic amines is 1. The zero-order valence-corrected chi connectivity index (χ0v) is 11.0. The molecule has 106 valence electrons. The number of H-pyrrole nitrogens is 1. The quantitative estimate of drug-likeness (QED) is 0.620. The molecule has 0 unspecified atom stereocenters. The number of carboxylic acids is 1. The molecule has 0 aliphatic carbocycles. The fraction of sp³-hybridized carbons (Fsp3) is 0.333. The molecule has 0 aliphatic rings. The zero-order chi connectivity index (χ0) is 14.6. The number of carboxylic acid groups (broad SMARTS) is 1. The highest BCUT2D eigenvalue weighted by molar-refractivity contribution is 7.91. The maximum absolute atomic E-state index is 11.5. The number of carbonyl (C=O) groups is 2. The van der Waals surface area contributed by atoms with E-state index in [1.807, 2.05) is 4.72 Å². The number of ether oxygens (including phenoxy) is 1. The van der Waals surface area contributed by atoms with Crippen LogP contribution in [-0.4, -0.2) is 37.2 Å². The molecule has 0 radical (unpaired) electrons. The molecule has 0 bridgehead atoms. The molecule has 0 aromatic carbocycles. The van der Waals surface area contributed by atoms with Gasteiger partial charge in [0.15, 0.2) is 0 Å². The van der Waals surface area contributed by atoms with Crippen LogP contribution in [-0.2, 0) is 14.9 Å². The maximum atomic E-state index is 11.5. The SMILES string of the molecule is CCOC(=O)NS(=O)(=O)Nc1cc(C)[nH]c1C(=O)O. The van der Waals surface area contributed by atoms with Gasteiger partial charge in [-0.1, -0.05) is 0 Å². The summed E-state index contributed by atoms with van der Waals surface area (Å²) in [4.78, 5) is 24.3. The van der Waals surface area contributed by atoms with E-state index >= 15 is 0 Å². The standard InChI is InChI=1S/C9H13N3O6S/c1-3-18-9(15)12-19(16,17)11-6-4-5(2)10-7(6)8(13)14/h4,10-11H,3H2,1-2H3,(H,12,15)(H,13,14). The Hall–Kier alpha value is -2.23. The number of aromatic nitrogens is 1. The summed E-state index contributed by atoms with van der Waals surface area (Å²) in [7, 11) is -4.26. The van der Waals surface area contributed by atoms with Gasteiger partial charge in [0.2, 0.25) is 0 Å². The van der Waals surface area contributed by atoms with E-state index in [1.54, 1.807) is 11.6 Å². The van der Waals surface area contributed by atoms with Gasteiger partial charge in [-0.05, 0) is 19.9 Å². The lowest BCUT2D eigenvalue weighted by molar-refractivity contribution is 0.0692. The van der Waals surface area contributed by atoms with Crippen molar-refractivity contribution in [3.63, 3.8) is 0 Å². The number of hydrogen-bond donors (Lipinski definition) is 4. The van der Waals surface area contributed by atoms with Crippen LogP contribution in [0.5, 0.6) is 0 Å². The van der Waals surface area contributed by atoms with E-state index in [-0.39, 0.29) is 18.0 Å². The number of aromatic carboxylic acids is 1. The maximum Gasteiger partial charge on any atom is 0.422 e. The number of amides is 1. The zero-order valence-electron chi connectivity index (χ0n) is 10.2. The molecule has 9 nitrogen and oxygen atoms in total. The average Bonchev–Trinajstić information content (AvgIpc) is 2.57. The van der Waals surface area contributed by atoms with Crippen molar-refractivity contribution < 1.29 is 27.9 Å². The minimum atomic E-state index is -4.26. The van der Waals surface area contributed by atoms with Gasteiger partial charge >= 0.3 is 22.3 Å². The van der Waals surface area contributed by atoms with E-state index in [9.17, 15) is 18.0 Å². The van der Waals surface area contributed by atoms with Crippen LogP contribution < -0.4 is 9.44 Å². The third kappa shape index (κ3) is 4.17. The fourth-order valence-electron chi connectivity index (χ4n) is 1.28. The van der Waals surface area contributed by atoms with E-state index in [0.29, 0.717) is 5.69 Å². The third-order valence-electron chi connectivity index (χ3n) is 1.90. The molecule has 1 heterocycles. The number of nitrogens with one attached hydrogen (secondary N) is 3. The van der Waals surface area contributed by atoms with Crippen LogP contribution in [0.1, 0.15) is 23.1 Å². The predicted octanol–water partition coefficient (Wildman–Crippen LogP) is 0.424. The van der Waals surface area contributed by atoms with E-state index in [2.05, 4.69) is 9.72 Å². The lowest BCUT2D eigenvalue weighted by atomic mass is 10.4. The van der Waals surface area contributed by atoms with E-state index in [1.165, 1.54) is 13.0 Å². The van der Waals surface area contributed by atoms with Gasteiger partial charge in [0.25, 0.3) is 0 Å². The molecule has 10 heteroatoms. The normalized spacial score (nSPS) is 10.8. The van der Waals surface area contributed by atoms with Gasteiger partial charge in [0.05, 0.1) is 12.3 Å². The van der Waals surface area contributed by atoms with Gasteiger partial charge in [0.1, 0.15) is 5.69 Å². The number of carbonyl (C=O) groups excluding carboxylic acids is 1. The molecule has 0 fully saturated rings. The Balaban J connectivity index is 2.89. The van der Waals surface area contributed by atoms with Gasteiger partial charge in [-0.15, -0.1) is 0 Å². The van der Waals surface area contributed by atoms with E-state index in [0.717, 1.165) is 0 Å². The second-order valence-electron chi connectivity index (χ2n) is 3.47. The third-order valence-corrected chi connectivity index (χ3v) is 2.83. The topological polar surface area (TPSA) is 138 Å². The average molecular weight is 291 g/mol. The summed E-state index contributed by atoms with van der Waals surface area (Å²) in [5.74, 6) is -1.33. The van der Waals surface area contributed by atoms with Crippen molar-refractivity contribution in [3.05, 3.63) is 17.5 Å². The highest BCUT2D eigenvalue weighted by Gasteiger charge is 2.20. The van der Waals surface area contributed by atoms with Crippen molar-refractivity contribution in [1.29, 1.82) is 0 Å².